The summed E-state index contributed by atoms with van der Waals surface area (Å²) in [5.74, 6) is 0.0538. The number of rotatable bonds is 1. The molecule has 2 atom stereocenters. The minimum atomic E-state index is -0.350. The Morgan fingerprint density at radius 1 is 1.83 bits per heavy atom. The molecule has 1 saturated carbocycles. The standard InChI is InChI=1S/C9H9BrO2/c1-2-6-3-4-9(6)5-7(10)8(11)12-9/h2,5-6H,1,3-4H2/t6-,9+/m1/s1. The van der Waals surface area contributed by atoms with Crippen LogP contribution in [-0.2, 0) is 9.53 Å². The Labute approximate surface area is 79.4 Å². The highest BCUT2D eigenvalue weighted by molar-refractivity contribution is 9.12. The van der Waals surface area contributed by atoms with Gasteiger partial charge in [0.25, 0.3) is 0 Å². The number of halogens is 1. The van der Waals surface area contributed by atoms with Crippen molar-refractivity contribution in [3.8, 4) is 0 Å². The topological polar surface area (TPSA) is 26.3 Å². The number of esters is 1. The lowest BCUT2D eigenvalue weighted by Gasteiger charge is -2.42. The predicted molar refractivity (Wildman–Crippen MR) is 48.8 cm³/mol. The monoisotopic (exact) mass is 228 g/mol. The summed E-state index contributed by atoms with van der Waals surface area (Å²) in [4.78, 5) is 11.1. The number of hydrogen-bond acceptors (Lipinski definition) is 2. The van der Waals surface area contributed by atoms with Crippen LogP contribution in [0.4, 0.5) is 0 Å². The predicted octanol–water partition coefficient (Wildman–Crippen LogP) is 2.16. The highest BCUT2D eigenvalue weighted by atomic mass is 79.9. The summed E-state index contributed by atoms with van der Waals surface area (Å²) in [6.07, 6.45) is 5.71. The van der Waals surface area contributed by atoms with Crippen LogP contribution in [0.15, 0.2) is 23.2 Å². The summed E-state index contributed by atoms with van der Waals surface area (Å²) in [5.41, 5.74) is -0.350. The first-order chi connectivity index (χ1) is 5.68. The average molecular weight is 229 g/mol. The Balaban J connectivity index is 2.26. The Morgan fingerprint density at radius 3 is 2.92 bits per heavy atom. The Bertz CT molecular complexity index is 282. The normalized spacial score (nSPS) is 38.9. The molecule has 0 saturated heterocycles. The maximum atomic E-state index is 11.1. The zero-order valence-electron chi connectivity index (χ0n) is 6.55. The van der Waals surface area contributed by atoms with Gasteiger partial charge in [0.2, 0.25) is 0 Å². The van der Waals surface area contributed by atoms with Gasteiger partial charge in [0.05, 0.1) is 0 Å². The van der Waals surface area contributed by atoms with Crippen molar-refractivity contribution in [3.05, 3.63) is 23.2 Å². The molecule has 12 heavy (non-hydrogen) atoms. The molecule has 2 rings (SSSR count). The van der Waals surface area contributed by atoms with Gasteiger partial charge >= 0.3 is 5.97 Å². The smallest absolute Gasteiger partial charge is 0.345 e. The van der Waals surface area contributed by atoms with E-state index in [0.717, 1.165) is 12.8 Å². The summed E-state index contributed by atoms with van der Waals surface area (Å²) in [7, 11) is 0. The van der Waals surface area contributed by atoms with Gasteiger partial charge in [-0.15, -0.1) is 6.58 Å². The van der Waals surface area contributed by atoms with Gasteiger partial charge in [0.15, 0.2) is 0 Å². The van der Waals surface area contributed by atoms with Crippen molar-refractivity contribution in [3.63, 3.8) is 0 Å². The van der Waals surface area contributed by atoms with Crippen molar-refractivity contribution >= 4 is 21.9 Å². The van der Waals surface area contributed by atoms with Crippen LogP contribution >= 0.6 is 15.9 Å². The molecule has 0 bridgehead atoms. The van der Waals surface area contributed by atoms with E-state index in [9.17, 15) is 4.79 Å². The van der Waals surface area contributed by atoms with Crippen LogP contribution < -0.4 is 0 Å². The first-order valence-electron chi connectivity index (χ1n) is 3.92. The summed E-state index contributed by atoms with van der Waals surface area (Å²) in [6, 6.07) is 0. The van der Waals surface area contributed by atoms with E-state index < -0.39 is 0 Å². The SMILES string of the molecule is C=C[C@@H]1CC[C@]12C=C(Br)C(=O)O2. The van der Waals surface area contributed by atoms with Crippen molar-refractivity contribution in [2.75, 3.05) is 0 Å². The first kappa shape index (κ1) is 8.05. The van der Waals surface area contributed by atoms with Gasteiger partial charge in [-0.2, -0.15) is 0 Å². The van der Waals surface area contributed by atoms with Crippen molar-refractivity contribution in [1.82, 2.24) is 0 Å². The average Bonchev–Trinajstić information content (AvgIpc) is 2.30. The van der Waals surface area contributed by atoms with Crippen LogP contribution in [0.3, 0.4) is 0 Å². The number of carbonyl (C=O) groups excluding carboxylic acids is 1. The molecule has 1 aliphatic heterocycles. The molecule has 0 aromatic heterocycles. The molecule has 0 radical (unpaired) electrons. The van der Waals surface area contributed by atoms with Crippen molar-refractivity contribution in [2.24, 2.45) is 5.92 Å². The second-order valence-electron chi connectivity index (χ2n) is 3.22. The largest absolute Gasteiger partial charge is 0.450 e. The van der Waals surface area contributed by atoms with E-state index in [2.05, 4.69) is 22.5 Å². The third-order valence-electron chi connectivity index (χ3n) is 2.61. The molecule has 64 valence electrons. The molecule has 3 heteroatoms. The van der Waals surface area contributed by atoms with Crippen LogP contribution in [0.2, 0.25) is 0 Å². The molecule has 0 unspecified atom stereocenters. The van der Waals surface area contributed by atoms with Crippen LogP contribution in [0.25, 0.3) is 0 Å². The number of ether oxygens (including phenoxy) is 1. The van der Waals surface area contributed by atoms with Crippen molar-refractivity contribution < 1.29 is 9.53 Å². The molecule has 0 aromatic rings. The molecule has 1 aliphatic carbocycles. The quantitative estimate of drug-likeness (QED) is 0.508. The molecule has 0 aromatic carbocycles. The fourth-order valence-electron chi connectivity index (χ4n) is 1.74. The molecule has 2 nitrogen and oxygen atoms in total. The molecule has 0 amide bonds. The molecule has 1 heterocycles. The van der Waals surface area contributed by atoms with Gasteiger partial charge in [0, 0.05) is 5.92 Å². The Morgan fingerprint density at radius 2 is 2.58 bits per heavy atom. The second kappa shape index (κ2) is 2.46. The van der Waals surface area contributed by atoms with E-state index in [1.807, 2.05) is 12.2 Å². The lowest BCUT2D eigenvalue weighted by molar-refractivity contribution is -0.156. The summed E-state index contributed by atoms with van der Waals surface area (Å²) in [6.45, 7) is 3.72. The maximum Gasteiger partial charge on any atom is 0.345 e. The fraction of sp³-hybridized carbons (Fsp3) is 0.444. The zero-order chi connectivity index (χ0) is 8.77. The van der Waals surface area contributed by atoms with Crippen LogP contribution in [0.5, 0.6) is 0 Å². The summed E-state index contributed by atoms with van der Waals surface area (Å²) < 4.78 is 5.80. The lowest BCUT2D eigenvalue weighted by atomic mass is 9.70. The fourth-order valence-corrected chi connectivity index (χ4v) is 2.21. The highest BCUT2D eigenvalue weighted by Gasteiger charge is 2.51. The van der Waals surface area contributed by atoms with Crippen LogP contribution in [0, 0.1) is 5.92 Å². The maximum absolute atomic E-state index is 11.1. The molecule has 1 spiro atoms. The summed E-state index contributed by atoms with van der Waals surface area (Å²) in [5, 5.41) is 0. The van der Waals surface area contributed by atoms with E-state index in [-0.39, 0.29) is 11.6 Å². The number of hydrogen-bond donors (Lipinski definition) is 0. The Kier molecular flexibility index (Phi) is 1.65. The summed E-state index contributed by atoms with van der Waals surface area (Å²) >= 11 is 3.16. The second-order valence-corrected chi connectivity index (χ2v) is 4.07. The van der Waals surface area contributed by atoms with E-state index in [4.69, 9.17) is 4.74 Å². The minimum Gasteiger partial charge on any atom is -0.450 e. The van der Waals surface area contributed by atoms with Crippen molar-refractivity contribution in [2.45, 2.75) is 18.4 Å². The zero-order valence-corrected chi connectivity index (χ0v) is 8.13. The molecular weight excluding hydrogens is 220 g/mol. The van der Waals surface area contributed by atoms with Crippen molar-refractivity contribution in [1.29, 1.82) is 0 Å². The minimum absolute atomic E-state index is 0.249. The van der Waals surface area contributed by atoms with Gasteiger partial charge in [-0.05, 0) is 34.8 Å². The van der Waals surface area contributed by atoms with E-state index in [0.29, 0.717) is 10.4 Å². The van der Waals surface area contributed by atoms with Gasteiger partial charge in [-0.3, -0.25) is 0 Å². The molecular formula is C9H9BrO2. The van der Waals surface area contributed by atoms with E-state index in [1.54, 1.807) is 0 Å². The third kappa shape index (κ3) is 0.891. The number of carbonyl (C=O) groups is 1. The van der Waals surface area contributed by atoms with Gasteiger partial charge < -0.3 is 4.74 Å². The first-order valence-corrected chi connectivity index (χ1v) is 4.71. The lowest BCUT2D eigenvalue weighted by Crippen LogP contribution is -2.45. The van der Waals surface area contributed by atoms with E-state index in [1.165, 1.54) is 0 Å². The van der Waals surface area contributed by atoms with Crippen LogP contribution in [0.1, 0.15) is 12.8 Å². The molecule has 2 aliphatic rings. The van der Waals surface area contributed by atoms with Gasteiger partial charge in [-0.25, -0.2) is 4.79 Å². The highest BCUT2D eigenvalue weighted by Crippen LogP contribution is 2.48. The van der Waals surface area contributed by atoms with Crippen LogP contribution in [-0.4, -0.2) is 11.6 Å². The molecule has 0 N–H and O–H groups in total. The molecule has 1 fully saturated rings. The third-order valence-corrected chi connectivity index (χ3v) is 3.16. The van der Waals surface area contributed by atoms with E-state index >= 15 is 0 Å². The van der Waals surface area contributed by atoms with Gasteiger partial charge in [-0.1, -0.05) is 6.08 Å². The Hall–Kier alpha value is -0.570. The van der Waals surface area contributed by atoms with Gasteiger partial charge in [0.1, 0.15) is 10.1 Å².